The summed E-state index contributed by atoms with van der Waals surface area (Å²) < 4.78 is 8.93. The van der Waals surface area contributed by atoms with E-state index in [1.54, 1.807) is 0 Å². The Balaban J connectivity index is 1.15. The molecule has 10 aromatic rings. The van der Waals surface area contributed by atoms with Crippen LogP contribution in [-0.4, -0.2) is 9.55 Å². The first-order valence-electron chi connectivity index (χ1n) is 17.2. The van der Waals surface area contributed by atoms with Crippen LogP contribution in [0, 0.1) is 0 Å². The zero-order chi connectivity index (χ0) is 33.7. The van der Waals surface area contributed by atoms with E-state index in [1.807, 2.05) is 24.4 Å². The van der Waals surface area contributed by atoms with Crippen LogP contribution in [0.25, 0.3) is 71.8 Å². The third-order valence-corrected chi connectivity index (χ3v) is 9.81. The fourth-order valence-corrected chi connectivity index (χ4v) is 7.50. The summed E-state index contributed by atoms with van der Waals surface area (Å²) in [5.74, 6) is 0. The molecule has 0 aliphatic heterocycles. The molecular weight excluding hydrogens is 623 g/mol. The van der Waals surface area contributed by atoms with Crippen molar-refractivity contribution < 1.29 is 4.42 Å². The molecule has 0 saturated carbocycles. The molecule has 3 heterocycles. The molecule has 10 rings (SSSR count). The van der Waals surface area contributed by atoms with Gasteiger partial charge >= 0.3 is 0 Å². The Morgan fingerprint density at radius 1 is 0.451 bits per heavy atom. The number of hydrogen-bond donors (Lipinski definition) is 0. The average molecular weight is 654 g/mol. The van der Waals surface area contributed by atoms with Gasteiger partial charge in [0.2, 0.25) is 0 Å². The molecule has 0 aliphatic rings. The first-order valence-corrected chi connectivity index (χ1v) is 17.2. The van der Waals surface area contributed by atoms with Gasteiger partial charge in [-0.25, -0.2) is 0 Å². The molecule has 0 radical (unpaired) electrons. The second-order valence-electron chi connectivity index (χ2n) is 12.8. The minimum absolute atomic E-state index is 0.752. The van der Waals surface area contributed by atoms with Crippen LogP contribution in [0.3, 0.4) is 0 Å². The predicted octanol–water partition coefficient (Wildman–Crippen LogP) is 12.9. The molecular formula is C47H31N3O. The van der Waals surface area contributed by atoms with Crippen molar-refractivity contribution >= 4 is 60.9 Å². The molecule has 0 N–H and O–H groups in total. The highest BCUT2D eigenvalue weighted by Crippen LogP contribution is 2.43. The van der Waals surface area contributed by atoms with E-state index in [0.717, 1.165) is 61.5 Å². The highest BCUT2D eigenvalue weighted by molar-refractivity contribution is 6.10. The van der Waals surface area contributed by atoms with Crippen molar-refractivity contribution in [3.63, 3.8) is 0 Å². The number of furan rings is 1. The summed E-state index contributed by atoms with van der Waals surface area (Å²) in [7, 11) is 0. The van der Waals surface area contributed by atoms with E-state index in [-0.39, 0.29) is 0 Å². The summed E-state index contributed by atoms with van der Waals surface area (Å²) in [5.41, 5.74) is 13.5. The molecule has 0 spiro atoms. The van der Waals surface area contributed by atoms with Gasteiger partial charge in [-0.2, -0.15) is 0 Å². The molecule has 4 heteroatoms. The largest absolute Gasteiger partial charge is 0.452 e. The lowest BCUT2D eigenvalue weighted by Crippen LogP contribution is -2.10. The number of hydrogen-bond acceptors (Lipinski definition) is 3. The zero-order valence-corrected chi connectivity index (χ0v) is 27.6. The number of benzene rings is 7. The van der Waals surface area contributed by atoms with Gasteiger partial charge in [0.15, 0.2) is 5.58 Å². The number of nitrogens with zero attached hydrogens (tertiary/aromatic N) is 3. The Morgan fingerprint density at radius 3 is 1.71 bits per heavy atom. The van der Waals surface area contributed by atoms with Crippen LogP contribution < -0.4 is 4.90 Å². The summed E-state index contributed by atoms with van der Waals surface area (Å²) in [4.78, 5) is 7.08. The van der Waals surface area contributed by atoms with Crippen molar-refractivity contribution in [2.24, 2.45) is 0 Å². The van der Waals surface area contributed by atoms with Gasteiger partial charge in [-0.1, -0.05) is 115 Å². The second-order valence-corrected chi connectivity index (χ2v) is 12.8. The van der Waals surface area contributed by atoms with Crippen LogP contribution in [0.1, 0.15) is 0 Å². The summed E-state index contributed by atoms with van der Waals surface area (Å²) in [6.07, 6.45) is 1.88. The summed E-state index contributed by atoms with van der Waals surface area (Å²) >= 11 is 0. The maximum atomic E-state index is 6.56. The number of para-hydroxylation sites is 3. The number of fused-ring (bicyclic) bond motifs is 6. The van der Waals surface area contributed by atoms with E-state index in [2.05, 4.69) is 173 Å². The molecule has 0 unspecified atom stereocenters. The molecule has 240 valence electrons. The van der Waals surface area contributed by atoms with Crippen LogP contribution >= 0.6 is 0 Å². The van der Waals surface area contributed by atoms with Gasteiger partial charge in [-0.15, -0.1) is 0 Å². The van der Waals surface area contributed by atoms with Crippen molar-refractivity contribution in [2.75, 3.05) is 4.90 Å². The van der Waals surface area contributed by atoms with Gasteiger partial charge in [0.25, 0.3) is 0 Å². The lowest BCUT2D eigenvalue weighted by atomic mass is 10.0. The van der Waals surface area contributed by atoms with Crippen LogP contribution in [0.15, 0.2) is 193 Å². The summed E-state index contributed by atoms with van der Waals surface area (Å²) in [5, 5.41) is 3.51. The molecule has 51 heavy (non-hydrogen) atoms. The van der Waals surface area contributed by atoms with E-state index in [1.165, 1.54) is 27.4 Å². The fourth-order valence-electron chi connectivity index (χ4n) is 7.50. The van der Waals surface area contributed by atoms with Gasteiger partial charge in [0.1, 0.15) is 11.1 Å². The van der Waals surface area contributed by atoms with Crippen LogP contribution in [0.4, 0.5) is 17.1 Å². The van der Waals surface area contributed by atoms with E-state index < -0.39 is 0 Å². The normalized spacial score (nSPS) is 11.5. The minimum Gasteiger partial charge on any atom is -0.452 e. The van der Waals surface area contributed by atoms with Gasteiger partial charge in [0.05, 0.1) is 16.7 Å². The average Bonchev–Trinajstić information content (AvgIpc) is 3.75. The van der Waals surface area contributed by atoms with Crippen LogP contribution in [0.2, 0.25) is 0 Å². The molecule has 4 nitrogen and oxygen atoms in total. The van der Waals surface area contributed by atoms with Crippen LogP contribution in [-0.2, 0) is 0 Å². The van der Waals surface area contributed by atoms with E-state index in [4.69, 9.17) is 9.40 Å². The Kier molecular flexibility index (Phi) is 6.78. The Morgan fingerprint density at radius 2 is 1.00 bits per heavy atom. The second kappa shape index (κ2) is 11.9. The minimum atomic E-state index is 0.752. The highest BCUT2D eigenvalue weighted by atomic mass is 16.3. The van der Waals surface area contributed by atoms with Gasteiger partial charge in [0, 0.05) is 39.4 Å². The van der Waals surface area contributed by atoms with E-state index in [0.29, 0.717) is 0 Å². The molecule has 3 aromatic heterocycles. The monoisotopic (exact) mass is 653 g/mol. The van der Waals surface area contributed by atoms with Gasteiger partial charge < -0.3 is 13.9 Å². The Hall–Kier alpha value is -6.91. The van der Waals surface area contributed by atoms with E-state index in [9.17, 15) is 0 Å². The maximum absolute atomic E-state index is 6.56. The lowest BCUT2D eigenvalue weighted by Gasteiger charge is -2.26. The third kappa shape index (κ3) is 4.88. The van der Waals surface area contributed by atoms with Crippen molar-refractivity contribution in [3.05, 3.63) is 188 Å². The fraction of sp³-hybridized carbons (Fsp3) is 0. The number of anilines is 3. The van der Waals surface area contributed by atoms with Crippen molar-refractivity contribution in [1.29, 1.82) is 0 Å². The van der Waals surface area contributed by atoms with Gasteiger partial charge in [-0.05, 0) is 89.0 Å². The SMILES string of the molecule is c1ccc(-c2cccc(N(c3cccc(-c4cccc(-n5c6ccccc6c6ccccc65)c4)c3)c3ccnc4c3oc3ccccc34)c2)cc1. The highest BCUT2D eigenvalue weighted by Gasteiger charge is 2.21. The molecule has 0 atom stereocenters. The first-order chi connectivity index (χ1) is 25.3. The molecule has 0 saturated heterocycles. The summed E-state index contributed by atoms with van der Waals surface area (Å²) in [6, 6.07) is 64.3. The third-order valence-electron chi connectivity index (χ3n) is 9.81. The van der Waals surface area contributed by atoms with Crippen LogP contribution in [0.5, 0.6) is 0 Å². The maximum Gasteiger partial charge on any atom is 0.177 e. The van der Waals surface area contributed by atoms with Crippen molar-refractivity contribution in [3.8, 4) is 27.9 Å². The lowest BCUT2D eigenvalue weighted by molar-refractivity contribution is 0.668. The number of pyridine rings is 1. The van der Waals surface area contributed by atoms with E-state index >= 15 is 0 Å². The summed E-state index contributed by atoms with van der Waals surface area (Å²) in [6.45, 7) is 0. The molecule has 0 aliphatic carbocycles. The number of aromatic nitrogens is 2. The predicted molar refractivity (Wildman–Crippen MR) is 211 cm³/mol. The van der Waals surface area contributed by atoms with Crippen molar-refractivity contribution in [2.45, 2.75) is 0 Å². The molecule has 0 fully saturated rings. The topological polar surface area (TPSA) is 34.2 Å². The number of rotatable bonds is 6. The standard InChI is InChI=1S/C47H31N3O/c1-2-13-32(14-3-1)33-15-10-18-36(29-33)49(44-27-28-48-46-41-23-6-9-26-45(41)51-47(44)46)37-19-11-16-34(30-37)35-17-12-20-38(31-35)50-42-24-7-4-21-39(42)40-22-5-8-25-43(40)50/h1-31H. The zero-order valence-electron chi connectivity index (χ0n) is 27.6. The van der Waals surface area contributed by atoms with Gasteiger partial charge in [-0.3, -0.25) is 4.98 Å². The molecule has 7 aromatic carbocycles. The molecule has 0 amide bonds. The smallest absolute Gasteiger partial charge is 0.177 e. The Labute approximate surface area is 295 Å². The quantitative estimate of drug-likeness (QED) is 0.179. The van der Waals surface area contributed by atoms with Crippen molar-refractivity contribution in [1.82, 2.24) is 9.55 Å². The molecule has 0 bridgehead atoms. The Bertz CT molecular complexity index is 2830. The first kappa shape index (κ1) is 29.0.